The minimum Gasteiger partial charge on any atom is -0.496 e. The van der Waals surface area contributed by atoms with E-state index < -0.39 is 0 Å². The third kappa shape index (κ3) is 4.42. The average molecular weight is 359 g/mol. The largest absolute Gasteiger partial charge is 0.496 e. The Balaban J connectivity index is 2.97. The fraction of sp³-hybridized carbons (Fsp3) is 0.625. The number of methoxy groups -OCH3 is 1. The van der Waals surface area contributed by atoms with Gasteiger partial charge in [0.25, 0.3) is 0 Å². The molecule has 0 spiro atoms. The van der Waals surface area contributed by atoms with Crippen LogP contribution in [0, 0.1) is 0 Å². The molecule has 0 aliphatic heterocycles. The summed E-state index contributed by atoms with van der Waals surface area (Å²) in [6.07, 6.45) is 2.65. The summed E-state index contributed by atoms with van der Waals surface area (Å²) in [5, 5.41) is 0. The molecule has 0 saturated heterocycles. The number of hydrogen-bond donors (Lipinski definition) is 2. The third-order valence-electron chi connectivity index (χ3n) is 4.12. The van der Waals surface area contributed by atoms with E-state index in [9.17, 15) is 0 Å². The molecule has 0 saturated carbocycles. The summed E-state index contributed by atoms with van der Waals surface area (Å²) in [6.45, 7) is 7.00. The summed E-state index contributed by atoms with van der Waals surface area (Å²) in [5.74, 6) is 6.65. The molecule has 0 amide bonds. The molecule has 1 unspecified atom stereocenters. The number of nitrogens with one attached hydrogen (secondary N) is 1. The molecule has 3 N–H and O–H groups in total. The van der Waals surface area contributed by atoms with E-state index in [4.69, 9.17) is 15.3 Å². The summed E-state index contributed by atoms with van der Waals surface area (Å²) < 4.78 is 12.3. The highest BCUT2D eigenvalue weighted by Gasteiger charge is 2.36. The normalized spacial score (nSPS) is 13.2. The van der Waals surface area contributed by atoms with Crippen LogP contribution in [0.4, 0.5) is 0 Å². The van der Waals surface area contributed by atoms with Crippen molar-refractivity contribution in [2.45, 2.75) is 51.7 Å². The Morgan fingerprint density at radius 2 is 1.95 bits per heavy atom. The zero-order chi connectivity index (χ0) is 15.9. The van der Waals surface area contributed by atoms with Gasteiger partial charge in [0.05, 0.1) is 23.2 Å². The molecule has 0 fully saturated rings. The van der Waals surface area contributed by atoms with Crippen molar-refractivity contribution in [2.75, 3.05) is 13.7 Å². The van der Waals surface area contributed by atoms with E-state index in [1.807, 2.05) is 13.0 Å². The number of rotatable bonds is 9. The smallest absolute Gasteiger partial charge is 0.133 e. The van der Waals surface area contributed by atoms with Crippen molar-refractivity contribution in [3.63, 3.8) is 0 Å². The molecule has 0 bridgehead atoms. The lowest BCUT2D eigenvalue weighted by Crippen LogP contribution is -2.55. The fourth-order valence-electron chi connectivity index (χ4n) is 2.80. The standard InChI is InChI=1S/C16H27BrN2O2/c1-5-16(6-2,21-7-3)15(19-18)11-12-8-9-14(20-4)13(17)10-12/h8-10,15,19H,5-7,11,18H2,1-4H3. The maximum atomic E-state index is 6.05. The third-order valence-corrected chi connectivity index (χ3v) is 4.74. The first-order chi connectivity index (χ1) is 10.1. The van der Waals surface area contributed by atoms with Crippen molar-refractivity contribution in [3.8, 4) is 5.75 Å². The molecule has 1 aromatic rings. The molecule has 0 aliphatic carbocycles. The van der Waals surface area contributed by atoms with Gasteiger partial charge in [0.1, 0.15) is 5.75 Å². The number of nitrogens with two attached hydrogens (primary N) is 1. The van der Waals surface area contributed by atoms with E-state index in [1.165, 1.54) is 5.56 Å². The Morgan fingerprint density at radius 1 is 1.29 bits per heavy atom. The van der Waals surface area contributed by atoms with Crippen LogP contribution in [0.2, 0.25) is 0 Å². The molecule has 0 heterocycles. The van der Waals surface area contributed by atoms with Crippen molar-refractivity contribution in [1.82, 2.24) is 5.43 Å². The molecule has 5 heteroatoms. The summed E-state index contributed by atoms with van der Waals surface area (Å²) in [4.78, 5) is 0. The van der Waals surface area contributed by atoms with Gasteiger partial charge in [0, 0.05) is 6.61 Å². The predicted octanol–water partition coefficient (Wildman–Crippen LogP) is 3.43. The molecular weight excluding hydrogens is 332 g/mol. The highest BCUT2D eigenvalue weighted by Crippen LogP contribution is 2.30. The van der Waals surface area contributed by atoms with Crippen molar-refractivity contribution in [1.29, 1.82) is 0 Å². The monoisotopic (exact) mass is 358 g/mol. The zero-order valence-electron chi connectivity index (χ0n) is 13.4. The van der Waals surface area contributed by atoms with E-state index in [-0.39, 0.29) is 11.6 Å². The number of ether oxygens (including phenoxy) is 2. The Labute approximate surface area is 136 Å². The van der Waals surface area contributed by atoms with Crippen LogP contribution >= 0.6 is 15.9 Å². The lowest BCUT2D eigenvalue weighted by Gasteiger charge is -2.39. The number of benzene rings is 1. The van der Waals surface area contributed by atoms with E-state index in [0.29, 0.717) is 6.61 Å². The second-order valence-corrected chi connectivity index (χ2v) is 5.95. The lowest BCUT2D eigenvalue weighted by atomic mass is 9.84. The Hall–Kier alpha value is -0.620. The van der Waals surface area contributed by atoms with Crippen LogP contribution < -0.4 is 16.0 Å². The van der Waals surface area contributed by atoms with E-state index in [0.717, 1.165) is 29.5 Å². The molecule has 4 nitrogen and oxygen atoms in total. The molecule has 1 atom stereocenters. The second kappa shape index (κ2) is 8.73. The first-order valence-corrected chi connectivity index (χ1v) is 8.28. The molecule has 21 heavy (non-hydrogen) atoms. The summed E-state index contributed by atoms with van der Waals surface area (Å²) in [5.41, 5.74) is 3.91. The maximum Gasteiger partial charge on any atom is 0.133 e. The van der Waals surface area contributed by atoms with Crippen LogP contribution in [0.15, 0.2) is 22.7 Å². The summed E-state index contributed by atoms with van der Waals surface area (Å²) in [7, 11) is 1.66. The Kier molecular flexibility index (Phi) is 7.66. The minimum atomic E-state index is -0.240. The van der Waals surface area contributed by atoms with Crippen LogP contribution in [0.1, 0.15) is 39.2 Å². The van der Waals surface area contributed by atoms with E-state index >= 15 is 0 Å². The van der Waals surface area contributed by atoms with Crippen LogP contribution in [0.5, 0.6) is 5.75 Å². The minimum absolute atomic E-state index is 0.0627. The number of hydrazine groups is 1. The van der Waals surface area contributed by atoms with Gasteiger partial charge in [-0.3, -0.25) is 11.3 Å². The van der Waals surface area contributed by atoms with Crippen LogP contribution in [-0.2, 0) is 11.2 Å². The van der Waals surface area contributed by atoms with Gasteiger partial charge >= 0.3 is 0 Å². The molecule has 0 aromatic heterocycles. The molecule has 120 valence electrons. The molecular formula is C16H27BrN2O2. The highest BCUT2D eigenvalue weighted by molar-refractivity contribution is 9.10. The van der Waals surface area contributed by atoms with Crippen molar-refractivity contribution in [2.24, 2.45) is 5.84 Å². The molecule has 1 aromatic carbocycles. The second-order valence-electron chi connectivity index (χ2n) is 5.10. The number of hydrogen-bond acceptors (Lipinski definition) is 4. The van der Waals surface area contributed by atoms with Gasteiger partial charge in [-0.2, -0.15) is 0 Å². The van der Waals surface area contributed by atoms with Gasteiger partial charge in [0.2, 0.25) is 0 Å². The number of halogens is 1. The lowest BCUT2D eigenvalue weighted by molar-refractivity contribution is -0.0719. The Bertz CT molecular complexity index is 436. The fourth-order valence-corrected chi connectivity index (χ4v) is 3.39. The first-order valence-electron chi connectivity index (χ1n) is 7.49. The Morgan fingerprint density at radius 3 is 2.38 bits per heavy atom. The van der Waals surface area contributed by atoms with Crippen molar-refractivity contribution >= 4 is 15.9 Å². The van der Waals surface area contributed by atoms with E-state index in [2.05, 4.69) is 47.3 Å². The van der Waals surface area contributed by atoms with Crippen molar-refractivity contribution < 1.29 is 9.47 Å². The van der Waals surface area contributed by atoms with Gasteiger partial charge in [0.15, 0.2) is 0 Å². The molecule has 0 radical (unpaired) electrons. The SMILES string of the molecule is CCOC(CC)(CC)C(Cc1ccc(OC)c(Br)c1)NN. The van der Waals surface area contributed by atoms with Gasteiger partial charge in [-0.15, -0.1) is 0 Å². The van der Waals surface area contributed by atoms with Crippen LogP contribution in [-0.4, -0.2) is 25.4 Å². The highest BCUT2D eigenvalue weighted by atomic mass is 79.9. The van der Waals surface area contributed by atoms with Crippen molar-refractivity contribution in [3.05, 3.63) is 28.2 Å². The zero-order valence-corrected chi connectivity index (χ0v) is 15.0. The van der Waals surface area contributed by atoms with Gasteiger partial charge in [-0.1, -0.05) is 19.9 Å². The summed E-state index contributed by atoms with van der Waals surface area (Å²) >= 11 is 3.53. The van der Waals surface area contributed by atoms with Crippen LogP contribution in [0.3, 0.4) is 0 Å². The average Bonchev–Trinajstić information content (AvgIpc) is 2.51. The quantitative estimate of drug-likeness (QED) is 0.524. The van der Waals surface area contributed by atoms with Gasteiger partial charge in [-0.05, 0) is 59.8 Å². The van der Waals surface area contributed by atoms with Gasteiger partial charge < -0.3 is 9.47 Å². The topological polar surface area (TPSA) is 56.5 Å². The first kappa shape index (κ1) is 18.4. The maximum absolute atomic E-state index is 6.05. The predicted molar refractivity (Wildman–Crippen MR) is 90.4 cm³/mol. The van der Waals surface area contributed by atoms with Crippen LogP contribution in [0.25, 0.3) is 0 Å². The molecule has 0 aliphatic rings. The van der Waals surface area contributed by atoms with E-state index in [1.54, 1.807) is 7.11 Å². The van der Waals surface area contributed by atoms with Gasteiger partial charge in [-0.25, -0.2) is 0 Å². The molecule has 1 rings (SSSR count). The summed E-state index contributed by atoms with van der Waals surface area (Å²) in [6, 6.07) is 6.17.